The van der Waals surface area contributed by atoms with Crippen molar-refractivity contribution in [2.75, 3.05) is 5.73 Å². The Hall–Kier alpha value is -1.54. The molecule has 0 saturated heterocycles. The Morgan fingerprint density at radius 2 is 1.50 bits per heavy atom. The molecule has 2 aromatic rings. The highest BCUT2D eigenvalue weighted by Gasteiger charge is 2.03. The fourth-order valence-corrected chi connectivity index (χ4v) is 1.28. The van der Waals surface area contributed by atoms with Gasteiger partial charge in [-0.1, -0.05) is 24.3 Å². The molecule has 0 aliphatic carbocycles. The van der Waals surface area contributed by atoms with Gasteiger partial charge in [-0.2, -0.15) is 0 Å². The number of halogens is 1. The van der Waals surface area contributed by atoms with Gasteiger partial charge >= 0.3 is 0 Å². The summed E-state index contributed by atoms with van der Waals surface area (Å²) < 4.78 is 1.94. The highest BCUT2D eigenvalue weighted by Crippen LogP contribution is 2.01. The van der Waals surface area contributed by atoms with Gasteiger partial charge in [0.2, 0.25) is 0 Å². The monoisotopic (exact) mass is 206 g/mol. The van der Waals surface area contributed by atoms with Crippen LogP contribution in [0.25, 0.3) is 5.69 Å². The molecule has 0 spiro atoms. The number of benzene rings is 1. The predicted octanol–water partition coefficient (Wildman–Crippen LogP) is -1.45. The summed E-state index contributed by atoms with van der Waals surface area (Å²) >= 11 is 0. The van der Waals surface area contributed by atoms with E-state index in [0.29, 0.717) is 0 Å². The zero-order chi connectivity index (χ0) is 9.10. The molecule has 14 heavy (non-hydrogen) atoms. The summed E-state index contributed by atoms with van der Waals surface area (Å²) in [5.74, 6) is 0.744. The minimum absolute atomic E-state index is 0. The lowest BCUT2D eigenvalue weighted by Gasteiger charge is -2.00. The van der Waals surface area contributed by atoms with Crippen molar-refractivity contribution in [1.82, 2.24) is 0 Å². The lowest BCUT2D eigenvalue weighted by Crippen LogP contribution is -3.00. The highest BCUT2D eigenvalue weighted by atomic mass is 35.5. The van der Waals surface area contributed by atoms with Gasteiger partial charge in [-0.25, -0.2) is 4.57 Å². The molecule has 3 heteroatoms. The first kappa shape index (κ1) is 10.5. The van der Waals surface area contributed by atoms with Crippen molar-refractivity contribution in [3.63, 3.8) is 0 Å². The Morgan fingerprint density at radius 1 is 0.857 bits per heavy atom. The number of hydrogen-bond acceptors (Lipinski definition) is 1. The smallest absolute Gasteiger partial charge is 0.277 e. The highest BCUT2D eigenvalue weighted by molar-refractivity contribution is 5.27. The predicted molar refractivity (Wildman–Crippen MR) is 52.4 cm³/mol. The van der Waals surface area contributed by atoms with Crippen molar-refractivity contribution in [3.05, 3.63) is 54.7 Å². The van der Waals surface area contributed by atoms with Crippen LogP contribution in [0.2, 0.25) is 0 Å². The summed E-state index contributed by atoms with van der Waals surface area (Å²) in [5, 5.41) is 0. The summed E-state index contributed by atoms with van der Waals surface area (Å²) in [5.41, 5.74) is 6.90. The maximum absolute atomic E-state index is 5.82. The molecule has 0 amide bonds. The van der Waals surface area contributed by atoms with E-state index in [4.69, 9.17) is 5.73 Å². The molecule has 0 fully saturated rings. The normalized spacial score (nSPS) is 9.14. The van der Waals surface area contributed by atoms with E-state index in [0.717, 1.165) is 11.5 Å². The fraction of sp³-hybridized carbons (Fsp3) is 0. The second kappa shape index (κ2) is 4.63. The van der Waals surface area contributed by atoms with Crippen LogP contribution < -0.4 is 22.7 Å². The minimum atomic E-state index is 0. The number of nitrogens with two attached hydrogens (primary N) is 1. The van der Waals surface area contributed by atoms with E-state index in [1.807, 2.05) is 59.3 Å². The average molecular weight is 207 g/mol. The number of anilines is 1. The lowest BCUT2D eigenvalue weighted by atomic mass is 10.3. The van der Waals surface area contributed by atoms with Gasteiger partial charge in [0.25, 0.3) is 5.82 Å². The van der Waals surface area contributed by atoms with Crippen LogP contribution in [0, 0.1) is 0 Å². The van der Waals surface area contributed by atoms with Crippen LogP contribution in [0.4, 0.5) is 5.82 Å². The molecule has 0 bridgehead atoms. The summed E-state index contributed by atoms with van der Waals surface area (Å²) in [6.07, 6.45) is 1.95. The van der Waals surface area contributed by atoms with Crippen LogP contribution in [-0.4, -0.2) is 0 Å². The number of nitrogen functional groups attached to an aromatic ring is 1. The Balaban J connectivity index is 0.000000980. The van der Waals surface area contributed by atoms with E-state index in [1.54, 1.807) is 0 Å². The summed E-state index contributed by atoms with van der Waals surface area (Å²) in [7, 11) is 0. The molecule has 2 nitrogen and oxygen atoms in total. The van der Waals surface area contributed by atoms with Crippen molar-refractivity contribution in [2.24, 2.45) is 0 Å². The van der Waals surface area contributed by atoms with Gasteiger partial charge < -0.3 is 12.4 Å². The molecule has 0 atom stereocenters. The van der Waals surface area contributed by atoms with Crippen LogP contribution in [0.3, 0.4) is 0 Å². The fourth-order valence-electron chi connectivity index (χ4n) is 1.28. The Kier molecular flexibility index (Phi) is 3.48. The van der Waals surface area contributed by atoms with Gasteiger partial charge in [-0.05, 0) is 18.2 Å². The first-order valence-corrected chi connectivity index (χ1v) is 4.19. The first-order chi connectivity index (χ1) is 6.38. The van der Waals surface area contributed by atoms with Gasteiger partial charge in [0, 0.05) is 6.07 Å². The zero-order valence-electron chi connectivity index (χ0n) is 7.60. The quantitative estimate of drug-likeness (QED) is 0.569. The second-order valence-electron chi connectivity index (χ2n) is 2.83. The standard InChI is InChI=1S/C11H10N2.ClH/c12-11-8-4-5-9-13(11)10-6-2-1-3-7-10;/h1-9,12H;1H. The van der Waals surface area contributed by atoms with Crippen LogP contribution in [0.1, 0.15) is 0 Å². The second-order valence-corrected chi connectivity index (χ2v) is 2.83. The molecule has 0 aliphatic rings. The van der Waals surface area contributed by atoms with Gasteiger partial charge in [0.05, 0.1) is 6.20 Å². The maximum Gasteiger partial charge on any atom is 0.277 e. The van der Waals surface area contributed by atoms with Gasteiger partial charge in [-0.3, -0.25) is 5.73 Å². The molecular weight excluding hydrogens is 196 g/mol. The number of nitrogens with zero attached hydrogens (tertiary/aromatic N) is 1. The summed E-state index contributed by atoms with van der Waals surface area (Å²) in [6, 6.07) is 15.8. The summed E-state index contributed by atoms with van der Waals surface area (Å²) in [6.45, 7) is 0. The van der Waals surface area contributed by atoms with Crippen molar-refractivity contribution in [2.45, 2.75) is 0 Å². The molecule has 1 heterocycles. The molecule has 2 rings (SSSR count). The Bertz CT molecular complexity index is 401. The molecule has 0 saturated carbocycles. The van der Waals surface area contributed by atoms with Crippen molar-refractivity contribution >= 4 is 5.82 Å². The van der Waals surface area contributed by atoms with E-state index < -0.39 is 0 Å². The van der Waals surface area contributed by atoms with Gasteiger partial charge in [-0.15, -0.1) is 0 Å². The third kappa shape index (κ3) is 2.03. The molecule has 1 aromatic carbocycles. The largest absolute Gasteiger partial charge is 1.00 e. The number of pyridine rings is 1. The Morgan fingerprint density at radius 3 is 2.14 bits per heavy atom. The van der Waals surface area contributed by atoms with E-state index in [-0.39, 0.29) is 12.4 Å². The zero-order valence-corrected chi connectivity index (χ0v) is 8.35. The molecular formula is C11H11ClN2. The number of para-hydroxylation sites is 1. The van der Waals surface area contributed by atoms with Crippen LogP contribution >= 0.6 is 0 Å². The van der Waals surface area contributed by atoms with Crippen LogP contribution in [-0.2, 0) is 0 Å². The third-order valence-electron chi connectivity index (χ3n) is 1.93. The van der Waals surface area contributed by atoms with Gasteiger partial charge in [0.1, 0.15) is 5.69 Å². The van der Waals surface area contributed by atoms with Crippen molar-refractivity contribution in [1.29, 1.82) is 0 Å². The minimum Gasteiger partial charge on any atom is -1.00 e. The molecule has 0 radical (unpaired) electrons. The molecule has 72 valence electrons. The van der Waals surface area contributed by atoms with Crippen molar-refractivity contribution in [3.8, 4) is 5.69 Å². The van der Waals surface area contributed by atoms with E-state index in [2.05, 4.69) is 0 Å². The summed E-state index contributed by atoms with van der Waals surface area (Å²) in [4.78, 5) is 0. The molecule has 0 aliphatic heterocycles. The molecule has 0 unspecified atom stereocenters. The van der Waals surface area contributed by atoms with E-state index in [1.165, 1.54) is 0 Å². The SMILES string of the molecule is Nc1cccc[n+]1-c1ccccc1.[Cl-]. The number of rotatable bonds is 1. The number of aromatic nitrogens is 1. The van der Waals surface area contributed by atoms with Crippen LogP contribution in [0.15, 0.2) is 54.7 Å². The maximum atomic E-state index is 5.82. The number of hydrogen-bond donors (Lipinski definition) is 1. The lowest BCUT2D eigenvalue weighted by molar-refractivity contribution is -0.580. The average Bonchev–Trinajstić information content (AvgIpc) is 2.20. The first-order valence-electron chi connectivity index (χ1n) is 4.19. The topological polar surface area (TPSA) is 29.9 Å². The van der Waals surface area contributed by atoms with E-state index >= 15 is 0 Å². The Labute approximate surface area is 89.4 Å². The third-order valence-corrected chi connectivity index (χ3v) is 1.93. The van der Waals surface area contributed by atoms with E-state index in [9.17, 15) is 0 Å². The van der Waals surface area contributed by atoms with Crippen molar-refractivity contribution < 1.29 is 17.0 Å². The van der Waals surface area contributed by atoms with Crippen LogP contribution in [0.5, 0.6) is 0 Å². The molecule has 1 aromatic heterocycles. The van der Waals surface area contributed by atoms with Gasteiger partial charge in [0.15, 0.2) is 0 Å². The molecule has 2 N–H and O–H groups in total.